The highest BCUT2D eigenvalue weighted by Gasteiger charge is 2.17. The smallest absolute Gasteiger partial charge is 0.255 e. The lowest BCUT2D eigenvalue weighted by Gasteiger charge is -2.18. The maximum absolute atomic E-state index is 12.5. The van der Waals surface area contributed by atoms with E-state index in [0.29, 0.717) is 17.9 Å². The fourth-order valence-corrected chi connectivity index (χ4v) is 2.31. The van der Waals surface area contributed by atoms with Gasteiger partial charge in [-0.2, -0.15) is 0 Å². The Hall–Kier alpha value is -2.49. The van der Waals surface area contributed by atoms with E-state index in [9.17, 15) is 4.79 Å². The third-order valence-corrected chi connectivity index (χ3v) is 3.38. The first-order chi connectivity index (χ1) is 10.7. The highest BCUT2D eigenvalue weighted by atomic mass is 16.5. The van der Waals surface area contributed by atoms with Gasteiger partial charge >= 0.3 is 0 Å². The molecular formula is C18H21NO3. The van der Waals surface area contributed by atoms with Crippen LogP contribution in [0.4, 0.5) is 0 Å². The molecule has 2 rings (SSSR count). The number of para-hydroxylation sites is 2. The maximum Gasteiger partial charge on any atom is 0.255 e. The van der Waals surface area contributed by atoms with Crippen molar-refractivity contribution >= 4 is 5.91 Å². The van der Waals surface area contributed by atoms with Gasteiger partial charge in [0.25, 0.3) is 5.91 Å². The van der Waals surface area contributed by atoms with Crippen molar-refractivity contribution in [1.82, 2.24) is 5.32 Å². The topological polar surface area (TPSA) is 47.6 Å². The SMILES string of the molecule is CCOc1ccccc1C(=O)NC(C)c1ccccc1OC. The Labute approximate surface area is 131 Å². The van der Waals surface area contributed by atoms with Gasteiger partial charge in [-0.15, -0.1) is 0 Å². The van der Waals surface area contributed by atoms with E-state index in [-0.39, 0.29) is 11.9 Å². The summed E-state index contributed by atoms with van der Waals surface area (Å²) in [4.78, 5) is 12.5. The molecule has 0 heterocycles. The lowest BCUT2D eigenvalue weighted by molar-refractivity contribution is 0.0935. The van der Waals surface area contributed by atoms with Crippen LogP contribution >= 0.6 is 0 Å². The second-order valence-electron chi connectivity index (χ2n) is 4.87. The minimum atomic E-state index is -0.168. The summed E-state index contributed by atoms with van der Waals surface area (Å²) in [5.41, 5.74) is 1.47. The number of carbonyl (C=O) groups is 1. The van der Waals surface area contributed by atoms with E-state index in [0.717, 1.165) is 11.3 Å². The van der Waals surface area contributed by atoms with Gasteiger partial charge in [0, 0.05) is 5.56 Å². The van der Waals surface area contributed by atoms with Gasteiger partial charge in [-0.05, 0) is 32.0 Å². The summed E-state index contributed by atoms with van der Waals surface area (Å²) >= 11 is 0. The normalized spacial score (nSPS) is 11.6. The number of methoxy groups -OCH3 is 1. The van der Waals surface area contributed by atoms with Crippen molar-refractivity contribution < 1.29 is 14.3 Å². The van der Waals surface area contributed by atoms with Crippen molar-refractivity contribution in [3.05, 3.63) is 59.7 Å². The zero-order valence-electron chi connectivity index (χ0n) is 13.1. The Morgan fingerprint density at radius 1 is 1.09 bits per heavy atom. The molecule has 2 aromatic carbocycles. The molecule has 0 bridgehead atoms. The summed E-state index contributed by atoms with van der Waals surface area (Å²) in [6, 6.07) is 14.7. The second-order valence-corrected chi connectivity index (χ2v) is 4.87. The first kappa shape index (κ1) is 15.9. The van der Waals surface area contributed by atoms with Crippen molar-refractivity contribution in [3.8, 4) is 11.5 Å². The van der Waals surface area contributed by atoms with Gasteiger partial charge in [0.15, 0.2) is 0 Å². The number of rotatable bonds is 6. The van der Waals surface area contributed by atoms with Crippen molar-refractivity contribution in [2.45, 2.75) is 19.9 Å². The molecule has 0 saturated heterocycles. The molecule has 1 unspecified atom stereocenters. The van der Waals surface area contributed by atoms with Crippen molar-refractivity contribution in [2.24, 2.45) is 0 Å². The van der Waals surface area contributed by atoms with Crippen LogP contribution in [0.2, 0.25) is 0 Å². The molecule has 0 fully saturated rings. The molecule has 4 heteroatoms. The summed E-state index contributed by atoms with van der Waals surface area (Å²) in [6.45, 7) is 4.34. The van der Waals surface area contributed by atoms with Crippen LogP contribution in [0, 0.1) is 0 Å². The number of carbonyl (C=O) groups excluding carboxylic acids is 1. The van der Waals surface area contributed by atoms with Gasteiger partial charge in [-0.25, -0.2) is 0 Å². The van der Waals surface area contributed by atoms with Crippen LogP contribution in [0.15, 0.2) is 48.5 Å². The quantitative estimate of drug-likeness (QED) is 0.887. The van der Waals surface area contributed by atoms with E-state index in [1.165, 1.54) is 0 Å². The van der Waals surface area contributed by atoms with Gasteiger partial charge in [0.05, 0.1) is 25.3 Å². The van der Waals surface area contributed by atoms with Crippen LogP contribution in [-0.4, -0.2) is 19.6 Å². The Balaban J connectivity index is 2.18. The zero-order valence-corrected chi connectivity index (χ0v) is 13.1. The van der Waals surface area contributed by atoms with Crippen LogP contribution in [-0.2, 0) is 0 Å². The Bertz CT molecular complexity index is 640. The number of benzene rings is 2. The van der Waals surface area contributed by atoms with E-state index >= 15 is 0 Å². The minimum absolute atomic E-state index is 0.164. The lowest BCUT2D eigenvalue weighted by atomic mass is 10.1. The predicted octanol–water partition coefficient (Wildman–Crippen LogP) is 3.58. The second kappa shape index (κ2) is 7.50. The third-order valence-electron chi connectivity index (χ3n) is 3.38. The molecule has 0 spiro atoms. The summed E-state index contributed by atoms with van der Waals surface area (Å²) in [6.07, 6.45) is 0. The molecule has 116 valence electrons. The van der Waals surface area contributed by atoms with E-state index in [2.05, 4.69) is 5.32 Å². The molecule has 0 aromatic heterocycles. The molecule has 1 N–H and O–H groups in total. The summed E-state index contributed by atoms with van der Waals surface area (Å²) in [7, 11) is 1.62. The van der Waals surface area contributed by atoms with Crippen LogP contribution < -0.4 is 14.8 Å². The van der Waals surface area contributed by atoms with Gasteiger partial charge in [0.2, 0.25) is 0 Å². The molecule has 0 radical (unpaired) electrons. The Kier molecular flexibility index (Phi) is 5.42. The van der Waals surface area contributed by atoms with Gasteiger partial charge in [-0.1, -0.05) is 30.3 Å². The average molecular weight is 299 g/mol. The van der Waals surface area contributed by atoms with E-state index in [1.54, 1.807) is 19.2 Å². The fraction of sp³-hybridized carbons (Fsp3) is 0.278. The van der Waals surface area contributed by atoms with Crippen molar-refractivity contribution in [3.63, 3.8) is 0 Å². The molecule has 0 aliphatic heterocycles. The molecule has 2 aromatic rings. The van der Waals surface area contributed by atoms with Gasteiger partial charge in [0.1, 0.15) is 11.5 Å². The monoisotopic (exact) mass is 299 g/mol. The number of nitrogens with one attached hydrogen (secondary N) is 1. The zero-order chi connectivity index (χ0) is 15.9. The number of hydrogen-bond acceptors (Lipinski definition) is 3. The largest absolute Gasteiger partial charge is 0.496 e. The minimum Gasteiger partial charge on any atom is -0.496 e. The summed E-state index contributed by atoms with van der Waals surface area (Å²) < 4.78 is 10.8. The fourth-order valence-electron chi connectivity index (χ4n) is 2.31. The number of hydrogen-bond donors (Lipinski definition) is 1. The van der Waals surface area contributed by atoms with Gasteiger partial charge < -0.3 is 14.8 Å². The maximum atomic E-state index is 12.5. The third kappa shape index (κ3) is 3.58. The van der Waals surface area contributed by atoms with Crippen molar-refractivity contribution in [2.75, 3.05) is 13.7 Å². The number of ether oxygens (including phenoxy) is 2. The first-order valence-electron chi connectivity index (χ1n) is 7.33. The van der Waals surface area contributed by atoms with E-state index in [1.807, 2.05) is 50.2 Å². The highest BCUT2D eigenvalue weighted by Crippen LogP contribution is 2.25. The molecule has 22 heavy (non-hydrogen) atoms. The summed E-state index contributed by atoms with van der Waals surface area (Å²) in [5.74, 6) is 1.19. The Morgan fingerprint density at radius 3 is 2.41 bits per heavy atom. The van der Waals surface area contributed by atoms with Gasteiger partial charge in [-0.3, -0.25) is 4.79 Å². The number of amides is 1. The Morgan fingerprint density at radius 2 is 1.73 bits per heavy atom. The molecular weight excluding hydrogens is 278 g/mol. The van der Waals surface area contributed by atoms with Crippen LogP contribution in [0.1, 0.15) is 35.8 Å². The van der Waals surface area contributed by atoms with E-state index in [4.69, 9.17) is 9.47 Å². The molecule has 1 amide bonds. The average Bonchev–Trinajstić information content (AvgIpc) is 2.55. The highest BCUT2D eigenvalue weighted by molar-refractivity contribution is 5.97. The van der Waals surface area contributed by atoms with Crippen LogP contribution in [0.5, 0.6) is 11.5 Å². The standard InChI is InChI=1S/C18H21NO3/c1-4-22-17-12-8-6-10-15(17)18(20)19-13(2)14-9-5-7-11-16(14)21-3/h5-13H,4H2,1-3H3,(H,19,20). The molecule has 0 aliphatic rings. The predicted molar refractivity (Wildman–Crippen MR) is 86.5 cm³/mol. The van der Waals surface area contributed by atoms with Crippen molar-refractivity contribution in [1.29, 1.82) is 0 Å². The molecule has 0 aliphatic carbocycles. The van der Waals surface area contributed by atoms with Crippen LogP contribution in [0.25, 0.3) is 0 Å². The molecule has 4 nitrogen and oxygen atoms in total. The van der Waals surface area contributed by atoms with Crippen LogP contribution in [0.3, 0.4) is 0 Å². The molecule has 1 atom stereocenters. The van der Waals surface area contributed by atoms with E-state index < -0.39 is 0 Å². The molecule has 0 saturated carbocycles. The summed E-state index contributed by atoms with van der Waals surface area (Å²) in [5, 5.41) is 2.99. The first-order valence-corrected chi connectivity index (χ1v) is 7.33. The lowest BCUT2D eigenvalue weighted by Crippen LogP contribution is -2.27.